The molecule has 1 atom stereocenters. The van der Waals surface area contributed by atoms with E-state index in [1.165, 1.54) is 6.07 Å². The molecule has 1 aliphatic carbocycles. The minimum absolute atomic E-state index is 0.143. The van der Waals surface area contributed by atoms with Gasteiger partial charge in [0.05, 0.1) is 12.6 Å². The van der Waals surface area contributed by atoms with Crippen molar-refractivity contribution in [2.45, 2.75) is 58.2 Å². The molecule has 3 rings (SSSR count). The molecular formula is C18H23FN4O2. The molecule has 7 heteroatoms. The van der Waals surface area contributed by atoms with Crippen LogP contribution in [0.5, 0.6) is 0 Å². The van der Waals surface area contributed by atoms with E-state index in [4.69, 9.17) is 4.52 Å². The highest BCUT2D eigenvalue weighted by Crippen LogP contribution is 2.27. The molecule has 1 saturated carbocycles. The number of hydrogen-bond acceptors (Lipinski definition) is 4. The molecule has 0 radical (unpaired) electrons. The summed E-state index contributed by atoms with van der Waals surface area (Å²) in [6, 6.07) is 6.17. The van der Waals surface area contributed by atoms with Crippen LogP contribution in [0.4, 0.5) is 9.18 Å². The number of nitrogens with zero attached hydrogens (tertiary/aromatic N) is 3. The van der Waals surface area contributed by atoms with Gasteiger partial charge in [-0.1, -0.05) is 30.3 Å². The second kappa shape index (κ2) is 7.63. The highest BCUT2D eigenvalue weighted by atomic mass is 19.1. The van der Waals surface area contributed by atoms with Crippen LogP contribution in [-0.2, 0) is 6.54 Å². The number of benzene rings is 1. The first kappa shape index (κ1) is 17.4. The maximum atomic E-state index is 14.0. The topological polar surface area (TPSA) is 71.3 Å². The van der Waals surface area contributed by atoms with Gasteiger partial charge >= 0.3 is 6.03 Å². The highest BCUT2D eigenvalue weighted by molar-refractivity contribution is 5.75. The number of nitrogens with one attached hydrogen (secondary N) is 1. The quantitative estimate of drug-likeness (QED) is 0.865. The van der Waals surface area contributed by atoms with E-state index in [-0.39, 0.29) is 30.5 Å². The first-order chi connectivity index (χ1) is 12.1. The molecule has 1 heterocycles. The minimum atomic E-state index is -0.326. The van der Waals surface area contributed by atoms with Crippen LogP contribution in [0.25, 0.3) is 0 Å². The highest BCUT2D eigenvalue weighted by Gasteiger charge is 2.31. The Hall–Kier alpha value is -2.44. The lowest BCUT2D eigenvalue weighted by Gasteiger charge is -2.38. The van der Waals surface area contributed by atoms with Crippen LogP contribution in [0.15, 0.2) is 28.8 Å². The van der Waals surface area contributed by atoms with Crippen LogP contribution < -0.4 is 5.32 Å². The number of hydrogen-bond donors (Lipinski definition) is 1. The third-order valence-electron chi connectivity index (χ3n) is 4.64. The van der Waals surface area contributed by atoms with Gasteiger partial charge in [-0.3, -0.25) is 0 Å². The summed E-state index contributed by atoms with van der Waals surface area (Å²) >= 11 is 0. The maximum Gasteiger partial charge on any atom is 0.318 e. The standard InChI is InChI=1S/C18H23FN4O2/c1-3-16(17-20-12(2)25-22-17)21-18(24)23(14-8-6-9-14)11-13-7-4-5-10-15(13)19/h4-5,7,10,14,16H,3,6,8-9,11H2,1-2H3,(H,21,24). The summed E-state index contributed by atoms with van der Waals surface area (Å²) in [6.07, 6.45) is 3.62. The van der Waals surface area contributed by atoms with Gasteiger partial charge in [0.2, 0.25) is 5.89 Å². The van der Waals surface area contributed by atoms with Crippen LogP contribution in [0.1, 0.15) is 55.9 Å². The normalized spacial score (nSPS) is 15.5. The fourth-order valence-corrected chi connectivity index (χ4v) is 2.91. The van der Waals surface area contributed by atoms with E-state index in [2.05, 4.69) is 15.5 Å². The predicted octanol–water partition coefficient (Wildman–Crippen LogP) is 3.73. The monoisotopic (exact) mass is 346 g/mol. The first-order valence-electron chi connectivity index (χ1n) is 8.69. The average Bonchev–Trinajstić information content (AvgIpc) is 2.98. The van der Waals surface area contributed by atoms with E-state index in [1.54, 1.807) is 30.0 Å². The fraction of sp³-hybridized carbons (Fsp3) is 0.500. The number of carbonyl (C=O) groups excluding carboxylic acids is 1. The van der Waals surface area contributed by atoms with Gasteiger partial charge < -0.3 is 14.7 Å². The summed E-state index contributed by atoms with van der Waals surface area (Å²) in [6.45, 7) is 3.91. The molecule has 1 aromatic carbocycles. The Bertz CT molecular complexity index is 729. The number of carbonyl (C=O) groups is 1. The molecule has 1 fully saturated rings. The summed E-state index contributed by atoms with van der Waals surface area (Å²) in [5.41, 5.74) is 0.521. The van der Waals surface area contributed by atoms with E-state index >= 15 is 0 Å². The van der Waals surface area contributed by atoms with Crippen molar-refractivity contribution in [1.29, 1.82) is 0 Å². The van der Waals surface area contributed by atoms with Crippen molar-refractivity contribution in [2.24, 2.45) is 0 Å². The van der Waals surface area contributed by atoms with Gasteiger partial charge in [-0.05, 0) is 31.7 Å². The molecule has 0 spiro atoms. The van der Waals surface area contributed by atoms with E-state index < -0.39 is 0 Å². The molecule has 0 aliphatic heterocycles. The lowest BCUT2D eigenvalue weighted by Crippen LogP contribution is -2.49. The van der Waals surface area contributed by atoms with Crippen molar-refractivity contribution in [3.63, 3.8) is 0 Å². The molecule has 1 aliphatic rings. The number of aromatic nitrogens is 2. The van der Waals surface area contributed by atoms with E-state index in [1.807, 2.05) is 6.92 Å². The molecule has 1 unspecified atom stereocenters. The van der Waals surface area contributed by atoms with Gasteiger partial charge in [0.15, 0.2) is 5.82 Å². The summed E-state index contributed by atoms with van der Waals surface area (Å²) in [7, 11) is 0. The smallest absolute Gasteiger partial charge is 0.318 e. The number of amides is 2. The Labute approximate surface area is 146 Å². The van der Waals surface area contributed by atoms with E-state index in [0.717, 1.165) is 19.3 Å². The van der Waals surface area contributed by atoms with Crippen LogP contribution in [0.2, 0.25) is 0 Å². The molecule has 134 valence electrons. The zero-order valence-electron chi connectivity index (χ0n) is 14.5. The SMILES string of the molecule is CCC(NC(=O)N(Cc1ccccc1F)C1CCC1)c1noc(C)n1. The van der Waals surface area contributed by atoms with Crippen LogP contribution in [0, 0.1) is 12.7 Å². The summed E-state index contributed by atoms with van der Waals surface area (Å²) in [4.78, 5) is 18.8. The molecular weight excluding hydrogens is 323 g/mol. The Balaban J connectivity index is 1.74. The fourth-order valence-electron chi connectivity index (χ4n) is 2.91. The largest absolute Gasteiger partial charge is 0.340 e. The Morgan fingerprint density at radius 1 is 1.44 bits per heavy atom. The summed E-state index contributed by atoms with van der Waals surface area (Å²) < 4.78 is 19.0. The van der Waals surface area contributed by atoms with Crippen LogP contribution in [0.3, 0.4) is 0 Å². The van der Waals surface area contributed by atoms with Crippen LogP contribution in [-0.4, -0.2) is 27.1 Å². The first-order valence-corrected chi connectivity index (χ1v) is 8.69. The van der Waals surface area contributed by atoms with Gasteiger partial charge in [-0.25, -0.2) is 9.18 Å². The predicted molar refractivity (Wildman–Crippen MR) is 90.2 cm³/mol. The van der Waals surface area contributed by atoms with Crippen molar-refractivity contribution >= 4 is 6.03 Å². The molecule has 25 heavy (non-hydrogen) atoms. The van der Waals surface area contributed by atoms with Crippen molar-refractivity contribution in [1.82, 2.24) is 20.4 Å². The van der Waals surface area contributed by atoms with Crippen molar-refractivity contribution in [2.75, 3.05) is 0 Å². The Morgan fingerprint density at radius 2 is 2.20 bits per heavy atom. The Morgan fingerprint density at radius 3 is 2.76 bits per heavy atom. The Kier molecular flexibility index (Phi) is 5.31. The molecule has 6 nitrogen and oxygen atoms in total. The van der Waals surface area contributed by atoms with Gasteiger partial charge in [0.1, 0.15) is 5.82 Å². The second-order valence-electron chi connectivity index (χ2n) is 6.39. The van der Waals surface area contributed by atoms with Gasteiger partial charge in [-0.2, -0.15) is 4.98 Å². The summed E-state index contributed by atoms with van der Waals surface area (Å²) in [5.74, 6) is 0.637. The number of halogens is 1. The van der Waals surface area contributed by atoms with Crippen molar-refractivity contribution in [3.8, 4) is 0 Å². The average molecular weight is 346 g/mol. The molecule has 0 bridgehead atoms. The maximum absolute atomic E-state index is 14.0. The molecule has 0 saturated heterocycles. The van der Waals surface area contributed by atoms with E-state index in [9.17, 15) is 9.18 Å². The molecule has 2 aromatic rings. The molecule has 1 N–H and O–H groups in total. The lowest BCUT2D eigenvalue weighted by atomic mass is 9.91. The third-order valence-corrected chi connectivity index (χ3v) is 4.64. The van der Waals surface area contributed by atoms with Gasteiger partial charge in [0.25, 0.3) is 0 Å². The summed E-state index contributed by atoms with van der Waals surface area (Å²) in [5, 5.41) is 6.86. The van der Waals surface area contributed by atoms with Gasteiger partial charge in [-0.15, -0.1) is 0 Å². The van der Waals surface area contributed by atoms with Crippen LogP contribution >= 0.6 is 0 Å². The number of rotatable bonds is 6. The van der Waals surface area contributed by atoms with Gasteiger partial charge in [0, 0.05) is 18.5 Å². The lowest BCUT2D eigenvalue weighted by molar-refractivity contribution is 0.129. The second-order valence-corrected chi connectivity index (χ2v) is 6.39. The third kappa shape index (κ3) is 3.97. The molecule has 1 aromatic heterocycles. The zero-order valence-corrected chi connectivity index (χ0v) is 14.5. The number of aryl methyl sites for hydroxylation is 1. The molecule has 2 amide bonds. The van der Waals surface area contributed by atoms with Crippen molar-refractivity contribution in [3.05, 3.63) is 47.4 Å². The van der Waals surface area contributed by atoms with E-state index in [0.29, 0.717) is 23.7 Å². The minimum Gasteiger partial charge on any atom is -0.340 e. The zero-order chi connectivity index (χ0) is 17.8. The van der Waals surface area contributed by atoms with Crippen molar-refractivity contribution < 1.29 is 13.7 Å². The number of urea groups is 1.